The number of nitrogens with one attached hydrogen (secondary N) is 1. The van der Waals surface area contributed by atoms with Gasteiger partial charge in [-0.1, -0.05) is 18.2 Å². The minimum Gasteiger partial charge on any atom is -0.433 e. The summed E-state index contributed by atoms with van der Waals surface area (Å²) in [6.45, 7) is 2.06. The van der Waals surface area contributed by atoms with Gasteiger partial charge in [0.05, 0.1) is 17.4 Å². The number of anilines is 3. The fourth-order valence-corrected chi connectivity index (χ4v) is 4.42. The highest BCUT2D eigenvalue weighted by Crippen LogP contribution is 2.45. The van der Waals surface area contributed by atoms with E-state index in [1.807, 2.05) is 9.80 Å². The highest BCUT2D eigenvalue weighted by atomic mass is 35.5. The molecule has 182 valence electrons. The average molecular weight is 506 g/mol. The Hall–Kier alpha value is -3.67. The van der Waals surface area contributed by atoms with Crippen LogP contribution in [0, 0.1) is 5.82 Å². The molecular formula is C22H19ClF3N7O2. The monoisotopic (exact) mass is 505 g/mol. The Morgan fingerprint density at radius 1 is 1.26 bits per heavy atom. The van der Waals surface area contributed by atoms with E-state index < -0.39 is 23.2 Å². The number of hydrogen-bond acceptors (Lipinski definition) is 8. The quantitative estimate of drug-likeness (QED) is 0.504. The molecular weight excluding hydrogens is 487 g/mol. The lowest BCUT2D eigenvalue weighted by Crippen LogP contribution is -2.57. The van der Waals surface area contributed by atoms with Crippen LogP contribution in [0.15, 0.2) is 37.3 Å². The van der Waals surface area contributed by atoms with Crippen molar-refractivity contribution in [1.29, 1.82) is 0 Å². The number of amides is 1. The SMILES string of the molecule is C=CC(=O)N1CCN(c2ncc3ncnc(Nc4ccc(OC(F)F)c(Cl)c4F)c3n2)CC12CC2. The van der Waals surface area contributed by atoms with E-state index in [4.69, 9.17) is 11.6 Å². The van der Waals surface area contributed by atoms with Crippen LogP contribution in [0.4, 0.5) is 30.6 Å². The van der Waals surface area contributed by atoms with E-state index in [1.54, 1.807) is 0 Å². The third kappa shape index (κ3) is 4.29. The summed E-state index contributed by atoms with van der Waals surface area (Å²) < 4.78 is 44.0. The zero-order valence-electron chi connectivity index (χ0n) is 18.2. The first-order chi connectivity index (χ1) is 16.8. The van der Waals surface area contributed by atoms with Gasteiger partial charge < -0.3 is 19.9 Å². The van der Waals surface area contributed by atoms with Crippen LogP contribution in [-0.2, 0) is 4.79 Å². The molecule has 9 nitrogen and oxygen atoms in total. The topological polar surface area (TPSA) is 96.4 Å². The van der Waals surface area contributed by atoms with Gasteiger partial charge in [-0.3, -0.25) is 4.79 Å². The molecule has 1 amide bonds. The summed E-state index contributed by atoms with van der Waals surface area (Å²) in [5.74, 6) is -0.953. The van der Waals surface area contributed by atoms with Crippen molar-refractivity contribution in [3.05, 3.63) is 48.2 Å². The number of halogens is 4. The van der Waals surface area contributed by atoms with E-state index in [9.17, 15) is 18.0 Å². The third-order valence-corrected chi connectivity index (χ3v) is 6.43. The number of rotatable bonds is 6. The van der Waals surface area contributed by atoms with E-state index in [-0.39, 0.29) is 23.0 Å². The number of carbonyl (C=O) groups is 1. The first-order valence-electron chi connectivity index (χ1n) is 10.7. The molecule has 2 fully saturated rings. The van der Waals surface area contributed by atoms with Gasteiger partial charge in [-0.25, -0.2) is 24.3 Å². The molecule has 2 aromatic heterocycles. The van der Waals surface area contributed by atoms with Crippen molar-refractivity contribution in [2.24, 2.45) is 0 Å². The molecule has 35 heavy (non-hydrogen) atoms. The molecule has 0 unspecified atom stereocenters. The van der Waals surface area contributed by atoms with E-state index in [0.717, 1.165) is 18.9 Å². The Balaban J connectivity index is 1.43. The van der Waals surface area contributed by atoms with Crippen molar-refractivity contribution in [3.8, 4) is 5.75 Å². The minimum absolute atomic E-state index is 0.0906. The van der Waals surface area contributed by atoms with Gasteiger partial charge in [-0.15, -0.1) is 0 Å². The second-order valence-corrected chi connectivity index (χ2v) is 8.59. The molecule has 0 bridgehead atoms. The summed E-state index contributed by atoms with van der Waals surface area (Å²) in [5.41, 5.74) is 0.385. The number of benzene rings is 1. The fourth-order valence-electron chi connectivity index (χ4n) is 4.21. The molecule has 1 saturated heterocycles. The van der Waals surface area contributed by atoms with Crippen molar-refractivity contribution >= 4 is 46.0 Å². The first kappa shape index (κ1) is 23.1. The Bertz CT molecular complexity index is 1320. The Morgan fingerprint density at radius 2 is 2.06 bits per heavy atom. The molecule has 1 aromatic carbocycles. The number of fused-ring (bicyclic) bond motifs is 1. The maximum Gasteiger partial charge on any atom is 0.387 e. The zero-order chi connectivity index (χ0) is 24.7. The van der Waals surface area contributed by atoms with Crippen molar-refractivity contribution in [3.63, 3.8) is 0 Å². The van der Waals surface area contributed by atoms with Gasteiger partial charge in [0.15, 0.2) is 11.6 Å². The molecule has 3 heterocycles. The van der Waals surface area contributed by atoms with Gasteiger partial charge in [0.2, 0.25) is 11.9 Å². The van der Waals surface area contributed by atoms with Crippen molar-refractivity contribution in [2.75, 3.05) is 29.9 Å². The van der Waals surface area contributed by atoms with E-state index in [2.05, 4.69) is 36.6 Å². The molecule has 0 atom stereocenters. The second-order valence-electron chi connectivity index (χ2n) is 8.21. The van der Waals surface area contributed by atoms with Gasteiger partial charge in [-0.05, 0) is 31.1 Å². The average Bonchev–Trinajstić information content (AvgIpc) is 3.62. The predicted octanol–water partition coefficient (Wildman–Crippen LogP) is 3.92. The van der Waals surface area contributed by atoms with Crippen molar-refractivity contribution < 1.29 is 22.7 Å². The predicted molar refractivity (Wildman–Crippen MR) is 123 cm³/mol. The summed E-state index contributed by atoms with van der Waals surface area (Å²) in [6.07, 6.45) is 5.90. The van der Waals surface area contributed by atoms with Gasteiger partial charge in [0, 0.05) is 19.6 Å². The Morgan fingerprint density at radius 3 is 2.77 bits per heavy atom. The van der Waals surface area contributed by atoms with Gasteiger partial charge >= 0.3 is 6.61 Å². The zero-order valence-corrected chi connectivity index (χ0v) is 19.0. The molecule has 3 aromatic rings. The molecule has 2 aliphatic rings. The maximum atomic E-state index is 14.7. The maximum absolute atomic E-state index is 14.7. The van der Waals surface area contributed by atoms with Crippen LogP contribution in [0.3, 0.4) is 0 Å². The number of aromatic nitrogens is 4. The van der Waals surface area contributed by atoms with Crippen LogP contribution in [0.5, 0.6) is 5.75 Å². The van der Waals surface area contributed by atoms with Crippen LogP contribution in [0.1, 0.15) is 12.8 Å². The summed E-state index contributed by atoms with van der Waals surface area (Å²) in [4.78, 5) is 33.4. The Labute approximate surface area is 202 Å². The van der Waals surface area contributed by atoms with Crippen molar-refractivity contribution in [2.45, 2.75) is 25.0 Å². The first-order valence-corrected chi connectivity index (χ1v) is 11.1. The molecule has 1 aliphatic heterocycles. The molecule has 1 spiro atoms. The summed E-state index contributed by atoms with van der Waals surface area (Å²) in [7, 11) is 0. The molecule has 5 rings (SSSR count). The van der Waals surface area contributed by atoms with E-state index in [1.165, 1.54) is 24.7 Å². The number of hydrogen-bond donors (Lipinski definition) is 1. The van der Waals surface area contributed by atoms with Crippen LogP contribution < -0.4 is 15.0 Å². The number of ether oxygens (including phenoxy) is 1. The van der Waals surface area contributed by atoms with Gasteiger partial charge in [0.25, 0.3) is 0 Å². The molecule has 13 heteroatoms. The number of nitrogens with zero attached hydrogens (tertiary/aromatic N) is 6. The standard InChI is InChI=1S/C22H19ClF3N7O2/c1-2-15(34)33-8-7-32(10-22(33)5-6-22)21-27-9-13-18(31-21)19(29-11-28-13)30-12-3-4-14(35-20(25)26)16(23)17(12)24/h2-4,9,11,20H,1,5-8,10H2,(H,28,29,30). The van der Waals surface area contributed by atoms with Crippen LogP contribution >= 0.6 is 11.6 Å². The summed E-state index contributed by atoms with van der Waals surface area (Å²) >= 11 is 5.86. The van der Waals surface area contributed by atoms with Gasteiger partial charge in [0.1, 0.15) is 28.1 Å². The van der Waals surface area contributed by atoms with E-state index in [0.29, 0.717) is 36.6 Å². The smallest absolute Gasteiger partial charge is 0.387 e. The fraction of sp³-hybridized carbons (Fsp3) is 0.318. The Kier molecular flexibility index (Phi) is 5.83. The van der Waals surface area contributed by atoms with Gasteiger partial charge in [-0.2, -0.15) is 8.78 Å². The molecule has 0 radical (unpaired) electrons. The molecule has 1 aliphatic carbocycles. The van der Waals surface area contributed by atoms with Crippen molar-refractivity contribution in [1.82, 2.24) is 24.8 Å². The van der Waals surface area contributed by atoms with E-state index >= 15 is 0 Å². The lowest BCUT2D eigenvalue weighted by atomic mass is 10.1. The van der Waals surface area contributed by atoms with Crippen LogP contribution in [0.25, 0.3) is 11.0 Å². The lowest BCUT2D eigenvalue weighted by Gasteiger charge is -2.41. The number of alkyl halides is 2. The number of piperazine rings is 1. The van der Waals surface area contributed by atoms with Crippen LogP contribution in [0.2, 0.25) is 5.02 Å². The molecule has 1 saturated carbocycles. The molecule has 1 N–H and O–H groups in total. The third-order valence-electron chi connectivity index (χ3n) is 6.08. The normalized spacial score (nSPS) is 16.6. The highest BCUT2D eigenvalue weighted by Gasteiger charge is 2.53. The second kappa shape index (κ2) is 8.84. The minimum atomic E-state index is -3.14. The lowest BCUT2D eigenvalue weighted by molar-refractivity contribution is -0.129. The number of carbonyl (C=O) groups excluding carboxylic acids is 1. The summed E-state index contributed by atoms with van der Waals surface area (Å²) in [6, 6.07) is 2.34. The highest BCUT2D eigenvalue weighted by molar-refractivity contribution is 6.32. The van der Waals surface area contributed by atoms with Crippen LogP contribution in [-0.4, -0.2) is 62.5 Å². The largest absolute Gasteiger partial charge is 0.433 e. The summed E-state index contributed by atoms with van der Waals surface area (Å²) in [5, 5.41) is 2.21.